The monoisotopic (exact) mass is 302 g/mol. The molecule has 0 saturated carbocycles. The largest absolute Gasteiger partial charge is 0.462 e. The number of nitrogens with zero attached hydrogens (tertiary/aromatic N) is 1. The van der Waals surface area contributed by atoms with E-state index in [1.165, 1.54) is 19.1 Å². The summed E-state index contributed by atoms with van der Waals surface area (Å²) < 4.78 is 56.7. The van der Waals surface area contributed by atoms with Gasteiger partial charge in [-0.25, -0.2) is 9.18 Å². The van der Waals surface area contributed by atoms with Gasteiger partial charge in [0, 0.05) is 0 Å². The number of carbonyl (C=O) groups is 1. The molecule has 0 aliphatic carbocycles. The van der Waals surface area contributed by atoms with Crippen LogP contribution in [0, 0.1) is 17.1 Å². The van der Waals surface area contributed by atoms with Crippen molar-refractivity contribution in [3.05, 3.63) is 41.4 Å². The minimum Gasteiger partial charge on any atom is -0.462 e. The number of nitrogens with one attached hydrogen (secondary N) is 1. The fourth-order valence-electron chi connectivity index (χ4n) is 1.38. The van der Waals surface area contributed by atoms with Gasteiger partial charge in [-0.2, -0.15) is 18.4 Å². The van der Waals surface area contributed by atoms with Crippen LogP contribution in [0.1, 0.15) is 6.92 Å². The van der Waals surface area contributed by atoms with E-state index in [0.717, 1.165) is 18.2 Å². The first-order valence-electron chi connectivity index (χ1n) is 5.71. The lowest BCUT2D eigenvalue weighted by atomic mass is 10.2. The maximum Gasteiger partial charge on any atom is 0.432 e. The zero-order valence-corrected chi connectivity index (χ0v) is 10.8. The molecule has 0 saturated heterocycles. The van der Waals surface area contributed by atoms with Gasteiger partial charge in [-0.05, 0) is 19.1 Å². The van der Waals surface area contributed by atoms with Crippen LogP contribution in [-0.2, 0) is 9.53 Å². The summed E-state index contributed by atoms with van der Waals surface area (Å²) in [6, 6.07) is 5.70. The number of carbonyl (C=O) groups excluding carboxylic acids is 1. The minimum absolute atomic E-state index is 0.200. The molecule has 0 heterocycles. The molecule has 1 N–H and O–H groups in total. The number of rotatable bonds is 4. The van der Waals surface area contributed by atoms with Crippen molar-refractivity contribution in [2.24, 2.45) is 0 Å². The highest BCUT2D eigenvalue weighted by atomic mass is 19.4. The topological polar surface area (TPSA) is 62.1 Å². The third-order valence-corrected chi connectivity index (χ3v) is 2.26. The van der Waals surface area contributed by atoms with E-state index in [9.17, 15) is 22.4 Å². The van der Waals surface area contributed by atoms with E-state index >= 15 is 0 Å². The van der Waals surface area contributed by atoms with E-state index in [-0.39, 0.29) is 6.61 Å². The zero-order valence-electron chi connectivity index (χ0n) is 10.8. The molecule has 0 aliphatic rings. The third-order valence-electron chi connectivity index (χ3n) is 2.26. The number of alkyl halides is 3. The Balaban J connectivity index is 3.33. The second-order valence-electron chi connectivity index (χ2n) is 3.68. The number of esters is 1. The Bertz CT molecular complexity index is 603. The molecule has 4 nitrogen and oxygen atoms in total. The molecule has 0 aliphatic heterocycles. The maximum atomic E-state index is 13.4. The molecule has 0 amide bonds. The van der Waals surface area contributed by atoms with Crippen LogP contribution >= 0.6 is 0 Å². The first-order chi connectivity index (χ1) is 9.81. The summed E-state index contributed by atoms with van der Waals surface area (Å²) in [5.41, 5.74) is -3.46. The van der Waals surface area contributed by atoms with Crippen LogP contribution in [0.3, 0.4) is 0 Å². The highest BCUT2D eigenvalue weighted by molar-refractivity contribution is 5.94. The minimum atomic E-state index is -5.06. The molecule has 8 heteroatoms. The van der Waals surface area contributed by atoms with E-state index in [4.69, 9.17) is 5.26 Å². The van der Waals surface area contributed by atoms with E-state index in [1.54, 1.807) is 5.32 Å². The number of anilines is 1. The molecule has 0 unspecified atom stereocenters. The molecular weight excluding hydrogens is 292 g/mol. The van der Waals surface area contributed by atoms with Gasteiger partial charge in [0.1, 0.15) is 17.6 Å². The summed E-state index contributed by atoms with van der Waals surface area (Å²) in [7, 11) is 0. The first-order valence-corrected chi connectivity index (χ1v) is 5.71. The molecule has 0 atom stereocenters. The Hall–Kier alpha value is -2.56. The number of nitriles is 1. The quantitative estimate of drug-likeness (QED) is 0.402. The van der Waals surface area contributed by atoms with Crippen molar-refractivity contribution in [2.75, 3.05) is 11.9 Å². The smallest absolute Gasteiger partial charge is 0.432 e. The van der Waals surface area contributed by atoms with Gasteiger partial charge in [0.25, 0.3) is 0 Å². The number of ether oxygens (including phenoxy) is 1. The van der Waals surface area contributed by atoms with Crippen molar-refractivity contribution < 1.29 is 27.1 Å². The second-order valence-corrected chi connectivity index (χ2v) is 3.68. The zero-order chi connectivity index (χ0) is 16.0. The van der Waals surface area contributed by atoms with Crippen LogP contribution in [0.4, 0.5) is 23.2 Å². The van der Waals surface area contributed by atoms with Gasteiger partial charge in [-0.15, -0.1) is 0 Å². The van der Waals surface area contributed by atoms with E-state index in [2.05, 4.69) is 4.74 Å². The fourth-order valence-corrected chi connectivity index (χ4v) is 1.38. The summed E-state index contributed by atoms with van der Waals surface area (Å²) in [5.74, 6) is -2.39. The van der Waals surface area contributed by atoms with Crippen molar-refractivity contribution in [1.29, 1.82) is 5.26 Å². The predicted molar refractivity (Wildman–Crippen MR) is 65.3 cm³/mol. The van der Waals surface area contributed by atoms with Crippen molar-refractivity contribution in [3.63, 3.8) is 0 Å². The number of benzene rings is 1. The number of hydrogen-bond donors (Lipinski definition) is 1. The standard InChI is InChI=1S/C13H10F4N2O2/c1-2-21-12(20)8(7-18)11(13(15,16)17)19-10-6-4-3-5-9(10)14/h3-6,19H,2H2,1H3. The summed E-state index contributed by atoms with van der Waals surface area (Å²) in [6.07, 6.45) is -5.06. The first kappa shape index (κ1) is 16.5. The average Bonchev–Trinajstić information content (AvgIpc) is 2.40. The second kappa shape index (κ2) is 6.74. The normalized spacial score (nSPS) is 12.2. The Kier molecular flexibility index (Phi) is 5.30. The molecule has 0 bridgehead atoms. The van der Waals surface area contributed by atoms with Gasteiger partial charge in [0.05, 0.1) is 12.3 Å². The molecule has 0 spiro atoms. The van der Waals surface area contributed by atoms with Crippen molar-refractivity contribution in [2.45, 2.75) is 13.1 Å². The molecule has 1 rings (SSSR count). The number of allylic oxidation sites excluding steroid dienone is 1. The lowest BCUT2D eigenvalue weighted by Gasteiger charge is -2.16. The number of para-hydroxylation sites is 1. The van der Waals surface area contributed by atoms with Gasteiger partial charge in [0.2, 0.25) is 0 Å². The molecule has 1 aromatic rings. The maximum absolute atomic E-state index is 13.4. The highest BCUT2D eigenvalue weighted by Gasteiger charge is 2.39. The lowest BCUT2D eigenvalue weighted by Crippen LogP contribution is -2.25. The molecule has 0 fully saturated rings. The molecule has 0 radical (unpaired) electrons. The van der Waals surface area contributed by atoms with Crippen LogP contribution in [0.15, 0.2) is 35.5 Å². The van der Waals surface area contributed by atoms with E-state index in [1.807, 2.05) is 0 Å². The van der Waals surface area contributed by atoms with Gasteiger partial charge < -0.3 is 10.1 Å². The number of hydrogen-bond acceptors (Lipinski definition) is 4. The van der Waals surface area contributed by atoms with Gasteiger partial charge >= 0.3 is 12.1 Å². The van der Waals surface area contributed by atoms with E-state index < -0.39 is 34.9 Å². The van der Waals surface area contributed by atoms with Crippen LogP contribution in [0.2, 0.25) is 0 Å². The van der Waals surface area contributed by atoms with Crippen molar-refractivity contribution in [1.82, 2.24) is 0 Å². The predicted octanol–water partition coefficient (Wildman–Crippen LogP) is 3.14. The highest BCUT2D eigenvalue weighted by Crippen LogP contribution is 2.30. The van der Waals surface area contributed by atoms with Crippen LogP contribution < -0.4 is 5.32 Å². The summed E-state index contributed by atoms with van der Waals surface area (Å²) in [4.78, 5) is 11.4. The Morgan fingerprint density at radius 3 is 2.48 bits per heavy atom. The molecule has 0 aromatic heterocycles. The fraction of sp³-hybridized carbons (Fsp3) is 0.231. The molecule has 21 heavy (non-hydrogen) atoms. The Morgan fingerprint density at radius 2 is 2.00 bits per heavy atom. The molecule has 1 aromatic carbocycles. The van der Waals surface area contributed by atoms with Crippen LogP contribution in [0.5, 0.6) is 0 Å². The lowest BCUT2D eigenvalue weighted by molar-refractivity contribution is -0.139. The SMILES string of the molecule is CCOC(=O)C(C#N)=C(Nc1ccccc1F)C(F)(F)F. The third kappa shape index (κ3) is 4.21. The number of halogens is 4. The summed E-state index contributed by atoms with van der Waals surface area (Å²) >= 11 is 0. The van der Waals surface area contributed by atoms with Crippen molar-refractivity contribution in [3.8, 4) is 6.07 Å². The van der Waals surface area contributed by atoms with E-state index in [0.29, 0.717) is 0 Å². The molecular formula is C13H10F4N2O2. The van der Waals surface area contributed by atoms with Crippen LogP contribution in [0.25, 0.3) is 0 Å². The summed E-state index contributed by atoms with van der Waals surface area (Å²) in [6.45, 7) is 1.18. The van der Waals surface area contributed by atoms with Gasteiger partial charge in [-0.1, -0.05) is 12.1 Å². The molecule has 112 valence electrons. The Morgan fingerprint density at radius 1 is 1.38 bits per heavy atom. The summed E-state index contributed by atoms with van der Waals surface area (Å²) in [5, 5.41) is 10.5. The van der Waals surface area contributed by atoms with Crippen molar-refractivity contribution >= 4 is 11.7 Å². The Labute approximate surface area is 117 Å². The van der Waals surface area contributed by atoms with Crippen LogP contribution in [-0.4, -0.2) is 18.8 Å². The van der Waals surface area contributed by atoms with Gasteiger partial charge in [-0.3, -0.25) is 0 Å². The van der Waals surface area contributed by atoms with Gasteiger partial charge in [0.15, 0.2) is 5.57 Å². The average molecular weight is 302 g/mol.